The molecular weight excluding hydrogens is 388 g/mol. The van der Waals surface area contributed by atoms with Crippen molar-refractivity contribution in [2.24, 2.45) is 5.73 Å². The Balaban J connectivity index is 1.85. The molecule has 0 aliphatic rings. The van der Waals surface area contributed by atoms with Gasteiger partial charge in [-0.05, 0) is 38.3 Å². The van der Waals surface area contributed by atoms with E-state index >= 15 is 0 Å². The van der Waals surface area contributed by atoms with Crippen LogP contribution in [-0.2, 0) is 14.3 Å². The maximum Gasteiger partial charge on any atom is 0.307 e. The van der Waals surface area contributed by atoms with E-state index in [1.807, 2.05) is 13.8 Å². The van der Waals surface area contributed by atoms with E-state index in [-0.39, 0.29) is 24.2 Å². The fourth-order valence-corrected chi connectivity index (χ4v) is 4.12. The molecule has 0 radical (unpaired) electrons. The van der Waals surface area contributed by atoms with Crippen LogP contribution in [0.25, 0.3) is 0 Å². The third-order valence-corrected chi connectivity index (χ3v) is 5.54. The average Bonchev–Trinajstić information content (AvgIpc) is 3.18. The van der Waals surface area contributed by atoms with Crippen molar-refractivity contribution < 1.29 is 23.9 Å². The molecule has 0 aliphatic heterocycles. The summed E-state index contributed by atoms with van der Waals surface area (Å²) in [6.45, 7) is 5.19. The molecule has 7 nitrogen and oxygen atoms in total. The van der Waals surface area contributed by atoms with E-state index in [0.29, 0.717) is 10.6 Å². The molecule has 2 aromatic heterocycles. The van der Waals surface area contributed by atoms with Crippen molar-refractivity contribution in [2.45, 2.75) is 39.7 Å². The topological polar surface area (TPSA) is 116 Å². The molecule has 144 valence electrons. The molecular formula is C18H20N2O5S2. The summed E-state index contributed by atoms with van der Waals surface area (Å²) in [6.07, 6.45) is -1.17. The minimum atomic E-state index is -1.07. The highest BCUT2D eigenvalue weighted by Gasteiger charge is 2.21. The number of hydrogen-bond donors (Lipinski definition) is 2. The maximum absolute atomic E-state index is 12.2. The number of carbonyl (C=O) groups excluding carboxylic acids is 4. The fraction of sp³-hybridized carbons (Fsp3) is 0.333. The summed E-state index contributed by atoms with van der Waals surface area (Å²) in [7, 11) is 0. The van der Waals surface area contributed by atoms with Crippen LogP contribution in [0, 0.1) is 13.8 Å². The van der Waals surface area contributed by atoms with Gasteiger partial charge in [-0.3, -0.25) is 19.2 Å². The summed E-state index contributed by atoms with van der Waals surface area (Å²) in [4.78, 5) is 49.5. The van der Waals surface area contributed by atoms with Gasteiger partial charge in [0.1, 0.15) is 5.00 Å². The number of thiophene rings is 2. The molecule has 0 bridgehead atoms. The summed E-state index contributed by atoms with van der Waals surface area (Å²) in [6, 6.07) is 3.31. The second kappa shape index (κ2) is 8.92. The number of nitrogens with one attached hydrogen (secondary N) is 1. The molecule has 0 aromatic carbocycles. The van der Waals surface area contributed by atoms with Crippen LogP contribution in [-0.4, -0.2) is 29.7 Å². The van der Waals surface area contributed by atoms with Gasteiger partial charge in [-0.2, -0.15) is 0 Å². The summed E-state index contributed by atoms with van der Waals surface area (Å²) >= 11 is 2.67. The van der Waals surface area contributed by atoms with E-state index in [1.165, 1.54) is 24.3 Å². The standard InChI is InChI=1S/C18H20N2O5S2/c1-9-8-13(11(3)27-9)14(21)4-5-15(22)25-10(2)17(24)20-18-12(16(19)23)6-7-26-18/h6-8,10H,4-5H2,1-3H3,(H2,19,23)(H,20,24). The van der Waals surface area contributed by atoms with Gasteiger partial charge in [-0.25, -0.2) is 0 Å². The SMILES string of the molecule is Cc1cc(C(=O)CCC(=O)OC(C)C(=O)Nc2sccc2C(N)=O)c(C)s1. The van der Waals surface area contributed by atoms with Crippen molar-refractivity contribution in [2.75, 3.05) is 5.32 Å². The average molecular weight is 409 g/mol. The Bertz CT molecular complexity index is 884. The zero-order valence-electron chi connectivity index (χ0n) is 15.2. The highest BCUT2D eigenvalue weighted by molar-refractivity contribution is 7.14. The van der Waals surface area contributed by atoms with Crippen molar-refractivity contribution >= 4 is 51.2 Å². The van der Waals surface area contributed by atoms with Crippen molar-refractivity contribution in [1.82, 2.24) is 0 Å². The number of amides is 2. The summed E-state index contributed by atoms with van der Waals surface area (Å²) in [5.74, 6) is -2.01. The second-order valence-corrected chi connectivity index (χ2v) is 8.28. The highest BCUT2D eigenvalue weighted by Crippen LogP contribution is 2.24. The van der Waals surface area contributed by atoms with Gasteiger partial charge in [-0.15, -0.1) is 22.7 Å². The van der Waals surface area contributed by atoms with E-state index in [2.05, 4.69) is 5.32 Å². The van der Waals surface area contributed by atoms with Crippen LogP contribution < -0.4 is 11.1 Å². The number of nitrogens with two attached hydrogens (primary N) is 1. The molecule has 0 aliphatic carbocycles. The monoisotopic (exact) mass is 408 g/mol. The molecule has 0 saturated carbocycles. The lowest BCUT2D eigenvalue weighted by molar-refractivity contribution is -0.153. The van der Waals surface area contributed by atoms with E-state index in [9.17, 15) is 19.2 Å². The van der Waals surface area contributed by atoms with Crippen LogP contribution >= 0.6 is 22.7 Å². The van der Waals surface area contributed by atoms with Crippen molar-refractivity contribution in [1.29, 1.82) is 0 Å². The van der Waals surface area contributed by atoms with Crippen LogP contribution in [0.4, 0.5) is 5.00 Å². The highest BCUT2D eigenvalue weighted by atomic mass is 32.1. The number of hydrogen-bond acceptors (Lipinski definition) is 7. The number of Topliss-reactive ketones (excluding diaryl/α,β-unsaturated/α-hetero) is 1. The molecule has 0 saturated heterocycles. The predicted octanol–water partition coefficient (Wildman–Crippen LogP) is 3.06. The number of primary amides is 1. The normalized spacial score (nSPS) is 11.7. The number of ether oxygens (including phenoxy) is 1. The Labute approximate surface area is 164 Å². The van der Waals surface area contributed by atoms with Gasteiger partial charge in [0.05, 0.1) is 12.0 Å². The third kappa shape index (κ3) is 5.48. The number of anilines is 1. The summed E-state index contributed by atoms with van der Waals surface area (Å²) in [5.41, 5.74) is 6.03. The van der Waals surface area contributed by atoms with E-state index in [0.717, 1.165) is 21.1 Å². The van der Waals surface area contributed by atoms with Crippen LogP contribution in [0.2, 0.25) is 0 Å². The van der Waals surface area contributed by atoms with E-state index in [4.69, 9.17) is 10.5 Å². The Morgan fingerprint density at radius 1 is 1.19 bits per heavy atom. The lowest BCUT2D eigenvalue weighted by atomic mass is 10.1. The van der Waals surface area contributed by atoms with Crippen molar-refractivity contribution in [3.63, 3.8) is 0 Å². The lowest BCUT2D eigenvalue weighted by Crippen LogP contribution is -2.30. The second-order valence-electron chi connectivity index (χ2n) is 5.90. The zero-order valence-corrected chi connectivity index (χ0v) is 16.8. The van der Waals surface area contributed by atoms with Gasteiger partial charge >= 0.3 is 5.97 Å². The molecule has 9 heteroatoms. The van der Waals surface area contributed by atoms with E-state index in [1.54, 1.807) is 11.4 Å². The molecule has 1 unspecified atom stereocenters. The van der Waals surface area contributed by atoms with Gasteiger partial charge in [0, 0.05) is 21.7 Å². The third-order valence-electron chi connectivity index (χ3n) is 3.74. The van der Waals surface area contributed by atoms with Gasteiger partial charge in [0.25, 0.3) is 11.8 Å². The Morgan fingerprint density at radius 2 is 1.89 bits per heavy atom. The minimum Gasteiger partial charge on any atom is -0.453 e. The predicted molar refractivity (Wildman–Crippen MR) is 104 cm³/mol. The molecule has 2 heterocycles. The molecule has 0 spiro atoms. The first-order valence-corrected chi connectivity index (χ1v) is 9.86. The molecule has 27 heavy (non-hydrogen) atoms. The van der Waals surface area contributed by atoms with Crippen LogP contribution in [0.1, 0.15) is 50.2 Å². The van der Waals surface area contributed by atoms with Crippen LogP contribution in [0.5, 0.6) is 0 Å². The number of carbonyl (C=O) groups is 4. The number of aryl methyl sites for hydroxylation is 2. The summed E-state index contributed by atoms with van der Waals surface area (Å²) in [5, 5.41) is 4.43. The largest absolute Gasteiger partial charge is 0.453 e. The minimum absolute atomic E-state index is 0.0148. The van der Waals surface area contributed by atoms with Gasteiger partial charge in [-0.1, -0.05) is 0 Å². The number of ketones is 1. The van der Waals surface area contributed by atoms with Crippen molar-refractivity contribution in [3.8, 4) is 0 Å². The van der Waals surface area contributed by atoms with E-state index < -0.39 is 23.9 Å². The lowest BCUT2D eigenvalue weighted by Gasteiger charge is -2.13. The van der Waals surface area contributed by atoms with Crippen LogP contribution in [0.15, 0.2) is 17.5 Å². The first-order chi connectivity index (χ1) is 12.7. The Hall–Kier alpha value is -2.52. The summed E-state index contributed by atoms with van der Waals surface area (Å²) < 4.78 is 5.07. The number of rotatable bonds is 8. The van der Waals surface area contributed by atoms with Gasteiger partial charge in [0.2, 0.25) is 0 Å². The first-order valence-electron chi connectivity index (χ1n) is 8.17. The Morgan fingerprint density at radius 3 is 2.48 bits per heavy atom. The fourth-order valence-electron chi connectivity index (χ4n) is 2.38. The van der Waals surface area contributed by atoms with Gasteiger partial charge in [0.15, 0.2) is 11.9 Å². The van der Waals surface area contributed by atoms with Crippen LogP contribution in [0.3, 0.4) is 0 Å². The zero-order chi connectivity index (χ0) is 20.1. The quantitative estimate of drug-likeness (QED) is 0.514. The number of esters is 1. The molecule has 3 N–H and O–H groups in total. The molecule has 1 atom stereocenters. The molecule has 2 rings (SSSR count). The van der Waals surface area contributed by atoms with Crippen molar-refractivity contribution in [3.05, 3.63) is 38.4 Å². The maximum atomic E-state index is 12.2. The molecule has 0 fully saturated rings. The van der Waals surface area contributed by atoms with Gasteiger partial charge < -0.3 is 15.8 Å². The smallest absolute Gasteiger partial charge is 0.307 e. The first kappa shape index (κ1) is 20.8. The molecule has 2 amide bonds. The molecule has 2 aromatic rings. The Kier molecular flexibility index (Phi) is 6.86.